The van der Waals surface area contributed by atoms with Crippen LogP contribution in [0.15, 0.2) is 72.8 Å². The van der Waals surface area contributed by atoms with Crippen molar-refractivity contribution < 1.29 is 4.79 Å². The van der Waals surface area contributed by atoms with Crippen LogP contribution in [0, 0.1) is 0 Å². The lowest BCUT2D eigenvalue weighted by Crippen LogP contribution is -2.39. The van der Waals surface area contributed by atoms with Crippen molar-refractivity contribution in [1.82, 2.24) is 14.9 Å². The molecule has 0 atom stereocenters. The van der Waals surface area contributed by atoms with Gasteiger partial charge in [-0.2, -0.15) is 0 Å². The third-order valence-electron chi connectivity index (χ3n) is 7.01. The van der Waals surface area contributed by atoms with Gasteiger partial charge in [-0.05, 0) is 42.2 Å². The zero-order chi connectivity index (χ0) is 22.9. The fraction of sp³-hybridized carbons (Fsp3) is 0.276. The number of piperidine rings is 1. The molecular formula is C29H28N4O. The number of carbonyl (C=O) groups excluding carboxylic acids is 1. The Morgan fingerprint density at radius 2 is 1.53 bits per heavy atom. The number of carbonyl (C=O) groups is 1. The molecule has 3 heterocycles. The van der Waals surface area contributed by atoms with Gasteiger partial charge in [-0.3, -0.25) is 4.79 Å². The Hall–Kier alpha value is -3.73. The van der Waals surface area contributed by atoms with Gasteiger partial charge in [0.15, 0.2) is 5.82 Å². The van der Waals surface area contributed by atoms with Crippen molar-refractivity contribution in [3.8, 4) is 11.4 Å². The van der Waals surface area contributed by atoms with Gasteiger partial charge in [0.25, 0.3) is 5.91 Å². The second-order valence-corrected chi connectivity index (χ2v) is 9.25. The SMILES string of the molecule is O=C(c1ccc2ccccc2c1)N1CCc2nc(-c3ccccc3)nc(N3CCCCC3)c2C1. The van der Waals surface area contributed by atoms with Crippen molar-refractivity contribution in [2.45, 2.75) is 32.2 Å². The van der Waals surface area contributed by atoms with Gasteiger partial charge in [0, 0.05) is 42.7 Å². The van der Waals surface area contributed by atoms with Crippen molar-refractivity contribution in [3.63, 3.8) is 0 Å². The van der Waals surface area contributed by atoms with Gasteiger partial charge < -0.3 is 9.80 Å². The normalized spacial score (nSPS) is 15.9. The minimum Gasteiger partial charge on any atom is -0.356 e. The first-order valence-electron chi connectivity index (χ1n) is 12.2. The number of hydrogen-bond donors (Lipinski definition) is 0. The Labute approximate surface area is 200 Å². The van der Waals surface area contributed by atoms with Crippen molar-refractivity contribution in [3.05, 3.63) is 89.6 Å². The monoisotopic (exact) mass is 448 g/mol. The second-order valence-electron chi connectivity index (χ2n) is 9.25. The van der Waals surface area contributed by atoms with Gasteiger partial charge in [-0.15, -0.1) is 0 Å². The Kier molecular flexibility index (Phi) is 5.46. The largest absolute Gasteiger partial charge is 0.356 e. The minimum absolute atomic E-state index is 0.0770. The average Bonchev–Trinajstić information content (AvgIpc) is 2.92. The summed E-state index contributed by atoms with van der Waals surface area (Å²) < 4.78 is 0. The minimum atomic E-state index is 0.0770. The number of fused-ring (bicyclic) bond motifs is 2. The Morgan fingerprint density at radius 3 is 2.35 bits per heavy atom. The molecule has 0 bridgehead atoms. The van der Waals surface area contributed by atoms with Crippen LogP contribution in [0.25, 0.3) is 22.2 Å². The summed E-state index contributed by atoms with van der Waals surface area (Å²) in [5.41, 5.74) is 3.97. The maximum Gasteiger partial charge on any atom is 0.254 e. The van der Waals surface area contributed by atoms with E-state index in [4.69, 9.17) is 9.97 Å². The summed E-state index contributed by atoms with van der Waals surface area (Å²) in [6, 6.07) is 24.4. The van der Waals surface area contributed by atoms with Crippen molar-refractivity contribution >= 4 is 22.5 Å². The summed E-state index contributed by atoms with van der Waals surface area (Å²) >= 11 is 0. The van der Waals surface area contributed by atoms with Crippen LogP contribution in [0.5, 0.6) is 0 Å². The lowest BCUT2D eigenvalue weighted by Gasteiger charge is -2.34. The van der Waals surface area contributed by atoms with Crippen LogP contribution >= 0.6 is 0 Å². The highest BCUT2D eigenvalue weighted by molar-refractivity contribution is 5.98. The highest BCUT2D eigenvalue weighted by Crippen LogP contribution is 2.32. The number of aromatic nitrogens is 2. The van der Waals surface area contributed by atoms with Crippen LogP contribution in [0.2, 0.25) is 0 Å². The molecule has 1 fully saturated rings. The standard InChI is InChI=1S/C29H28N4O/c34-29(24-14-13-21-9-5-6-12-23(21)19-24)33-18-15-26-25(20-33)28(32-16-7-2-8-17-32)31-27(30-26)22-10-3-1-4-11-22/h1,3-6,9-14,19H,2,7-8,15-18,20H2. The highest BCUT2D eigenvalue weighted by atomic mass is 16.2. The van der Waals surface area contributed by atoms with E-state index in [1.807, 2.05) is 53.4 Å². The maximum absolute atomic E-state index is 13.5. The van der Waals surface area contributed by atoms with Crippen LogP contribution in [-0.4, -0.2) is 40.4 Å². The lowest BCUT2D eigenvalue weighted by molar-refractivity contribution is 0.0734. The van der Waals surface area contributed by atoms with E-state index in [9.17, 15) is 4.79 Å². The summed E-state index contributed by atoms with van der Waals surface area (Å²) in [5.74, 6) is 1.88. The molecule has 0 aliphatic carbocycles. The fourth-order valence-electron chi connectivity index (χ4n) is 5.16. The van der Waals surface area contributed by atoms with Gasteiger partial charge in [-0.1, -0.05) is 60.7 Å². The summed E-state index contributed by atoms with van der Waals surface area (Å²) in [6.45, 7) is 3.25. The maximum atomic E-state index is 13.5. The molecule has 1 aromatic heterocycles. The topological polar surface area (TPSA) is 49.3 Å². The number of anilines is 1. The molecule has 0 radical (unpaired) electrons. The van der Waals surface area contributed by atoms with Crippen LogP contribution in [-0.2, 0) is 13.0 Å². The molecule has 0 unspecified atom stereocenters. The van der Waals surface area contributed by atoms with E-state index in [-0.39, 0.29) is 5.91 Å². The van der Waals surface area contributed by atoms with Gasteiger partial charge >= 0.3 is 0 Å². The first-order chi connectivity index (χ1) is 16.8. The number of nitrogens with zero attached hydrogens (tertiary/aromatic N) is 4. The van der Waals surface area contributed by atoms with E-state index in [0.717, 1.165) is 64.3 Å². The van der Waals surface area contributed by atoms with E-state index < -0.39 is 0 Å². The molecule has 0 spiro atoms. The Bertz CT molecular complexity index is 1350. The molecule has 0 N–H and O–H groups in total. The molecule has 170 valence electrons. The van der Waals surface area contributed by atoms with Crippen molar-refractivity contribution in [2.24, 2.45) is 0 Å². The number of rotatable bonds is 3. The average molecular weight is 449 g/mol. The fourth-order valence-corrected chi connectivity index (χ4v) is 5.16. The summed E-state index contributed by atoms with van der Waals surface area (Å²) in [7, 11) is 0. The molecule has 34 heavy (non-hydrogen) atoms. The highest BCUT2D eigenvalue weighted by Gasteiger charge is 2.29. The third kappa shape index (κ3) is 3.92. The molecule has 1 saturated heterocycles. The number of amides is 1. The zero-order valence-electron chi connectivity index (χ0n) is 19.3. The zero-order valence-corrected chi connectivity index (χ0v) is 19.3. The van der Waals surface area contributed by atoms with Crippen molar-refractivity contribution in [2.75, 3.05) is 24.5 Å². The molecule has 3 aromatic carbocycles. The molecule has 6 rings (SSSR count). The predicted octanol–water partition coefficient (Wildman–Crippen LogP) is 5.49. The Balaban J connectivity index is 1.36. The molecular weight excluding hydrogens is 420 g/mol. The van der Waals surface area contributed by atoms with E-state index in [1.54, 1.807) is 0 Å². The molecule has 0 saturated carbocycles. The first-order valence-corrected chi connectivity index (χ1v) is 12.2. The Morgan fingerprint density at radius 1 is 0.765 bits per heavy atom. The van der Waals surface area contributed by atoms with Gasteiger partial charge in [0.1, 0.15) is 5.82 Å². The molecule has 4 aromatic rings. The predicted molar refractivity (Wildman–Crippen MR) is 136 cm³/mol. The van der Waals surface area contributed by atoms with Crippen LogP contribution in [0.1, 0.15) is 40.9 Å². The lowest BCUT2D eigenvalue weighted by atomic mass is 10.0. The molecule has 2 aliphatic heterocycles. The quantitative estimate of drug-likeness (QED) is 0.416. The first kappa shape index (κ1) is 20.8. The molecule has 5 heteroatoms. The van der Waals surface area contributed by atoms with E-state index in [1.165, 1.54) is 19.3 Å². The van der Waals surface area contributed by atoms with Gasteiger partial charge in [-0.25, -0.2) is 9.97 Å². The van der Waals surface area contributed by atoms with Gasteiger partial charge in [0.2, 0.25) is 0 Å². The van der Waals surface area contributed by atoms with Crippen LogP contribution < -0.4 is 4.90 Å². The van der Waals surface area contributed by atoms with E-state index in [0.29, 0.717) is 13.1 Å². The van der Waals surface area contributed by atoms with Crippen LogP contribution in [0.3, 0.4) is 0 Å². The van der Waals surface area contributed by atoms with Crippen LogP contribution in [0.4, 0.5) is 5.82 Å². The van der Waals surface area contributed by atoms with Gasteiger partial charge in [0.05, 0.1) is 12.2 Å². The molecule has 5 nitrogen and oxygen atoms in total. The van der Waals surface area contributed by atoms with E-state index in [2.05, 4.69) is 29.2 Å². The second kappa shape index (κ2) is 8.90. The number of benzene rings is 3. The van der Waals surface area contributed by atoms with Crippen molar-refractivity contribution in [1.29, 1.82) is 0 Å². The summed E-state index contributed by atoms with van der Waals surface area (Å²) in [4.78, 5) is 27.9. The summed E-state index contributed by atoms with van der Waals surface area (Å²) in [6.07, 6.45) is 4.37. The smallest absolute Gasteiger partial charge is 0.254 e. The molecule has 1 amide bonds. The third-order valence-corrected chi connectivity index (χ3v) is 7.01. The van der Waals surface area contributed by atoms with E-state index >= 15 is 0 Å². The summed E-state index contributed by atoms with van der Waals surface area (Å²) in [5, 5.41) is 2.24. The number of hydrogen-bond acceptors (Lipinski definition) is 4. The molecule has 2 aliphatic rings.